The number of anilines is 1. The Hall–Kier alpha value is -2.98. The zero-order valence-electron chi connectivity index (χ0n) is 16.4. The Morgan fingerprint density at radius 1 is 1.23 bits per heavy atom. The summed E-state index contributed by atoms with van der Waals surface area (Å²) in [5.74, 6) is -1.01. The fraction of sp³-hybridized carbons (Fsp3) is 0.250. The molecular weight excluding hydrogens is 424 g/mol. The molecular formula is C20H20N4O4S2. The van der Waals surface area contributed by atoms with Crippen LogP contribution in [-0.4, -0.2) is 40.5 Å². The van der Waals surface area contributed by atoms with E-state index in [1.807, 2.05) is 24.4 Å². The Kier molecular flexibility index (Phi) is 7.36. The molecule has 1 aliphatic heterocycles. The Morgan fingerprint density at radius 3 is 2.67 bits per heavy atom. The molecule has 2 N–H and O–H groups in total. The molecule has 0 bridgehead atoms. The van der Waals surface area contributed by atoms with Crippen molar-refractivity contribution in [3.63, 3.8) is 0 Å². The van der Waals surface area contributed by atoms with Crippen molar-refractivity contribution >= 4 is 57.4 Å². The molecule has 2 heterocycles. The number of benzene rings is 1. The molecule has 3 rings (SSSR count). The van der Waals surface area contributed by atoms with Gasteiger partial charge in [0.15, 0.2) is 5.17 Å². The van der Waals surface area contributed by atoms with Crippen molar-refractivity contribution in [2.75, 3.05) is 11.9 Å². The number of nitrogens with one attached hydrogen (secondary N) is 2. The van der Waals surface area contributed by atoms with Gasteiger partial charge in [-0.05, 0) is 49.6 Å². The summed E-state index contributed by atoms with van der Waals surface area (Å²) in [4.78, 5) is 37.1. The molecule has 0 radical (unpaired) electrons. The third kappa shape index (κ3) is 5.77. The zero-order valence-corrected chi connectivity index (χ0v) is 18.0. The molecule has 30 heavy (non-hydrogen) atoms. The first-order valence-electron chi connectivity index (χ1n) is 9.17. The average molecular weight is 445 g/mol. The topological polar surface area (TPSA) is 109 Å². The second-order valence-electron chi connectivity index (χ2n) is 6.21. The van der Waals surface area contributed by atoms with Crippen molar-refractivity contribution in [1.29, 1.82) is 0 Å². The summed E-state index contributed by atoms with van der Waals surface area (Å²) in [6.07, 6.45) is -0.0111. The molecule has 156 valence electrons. The van der Waals surface area contributed by atoms with Crippen molar-refractivity contribution in [1.82, 2.24) is 5.32 Å². The summed E-state index contributed by atoms with van der Waals surface area (Å²) < 4.78 is 4.92. The number of rotatable bonds is 7. The van der Waals surface area contributed by atoms with Gasteiger partial charge in [-0.2, -0.15) is 5.10 Å². The van der Waals surface area contributed by atoms with E-state index in [4.69, 9.17) is 4.74 Å². The maximum absolute atomic E-state index is 12.3. The number of hydrogen-bond acceptors (Lipinski definition) is 8. The number of amides is 2. The van der Waals surface area contributed by atoms with Crippen molar-refractivity contribution in [2.45, 2.75) is 25.5 Å². The fourth-order valence-corrected chi connectivity index (χ4v) is 4.12. The van der Waals surface area contributed by atoms with Crippen LogP contribution in [0, 0.1) is 0 Å². The number of carbonyl (C=O) groups is 3. The van der Waals surface area contributed by atoms with E-state index in [0.717, 1.165) is 10.6 Å². The van der Waals surface area contributed by atoms with Gasteiger partial charge in [0.25, 0.3) is 0 Å². The molecule has 1 atom stereocenters. The molecule has 1 aromatic carbocycles. The minimum absolute atomic E-state index is 0.0111. The van der Waals surface area contributed by atoms with Gasteiger partial charge in [0.2, 0.25) is 11.8 Å². The molecule has 1 aromatic heterocycles. The molecule has 0 saturated carbocycles. The number of nitrogens with zero attached hydrogens (tertiary/aromatic N) is 2. The number of ether oxygens (including phenoxy) is 1. The van der Waals surface area contributed by atoms with Gasteiger partial charge in [0.1, 0.15) is 5.25 Å². The van der Waals surface area contributed by atoms with Crippen molar-refractivity contribution in [3.8, 4) is 0 Å². The fourth-order valence-electron chi connectivity index (χ4n) is 2.53. The van der Waals surface area contributed by atoms with E-state index in [0.29, 0.717) is 23.0 Å². The molecule has 2 aromatic rings. The lowest BCUT2D eigenvalue weighted by Gasteiger charge is -2.08. The van der Waals surface area contributed by atoms with Crippen molar-refractivity contribution in [3.05, 3.63) is 52.2 Å². The predicted octanol–water partition coefficient (Wildman–Crippen LogP) is 3.27. The highest BCUT2D eigenvalue weighted by molar-refractivity contribution is 8.15. The Morgan fingerprint density at radius 2 is 2.00 bits per heavy atom. The molecule has 10 heteroatoms. The first kappa shape index (κ1) is 21.7. The highest BCUT2D eigenvalue weighted by Crippen LogP contribution is 2.23. The minimum atomic E-state index is -0.584. The smallest absolute Gasteiger partial charge is 0.338 e. The summed E-state index contributed by atoms with van der Waals surface area (Å²) >= 11 is 2.73. The Balaban J connectivity index is 1.54. The number of hydrogen-bond donors (Lipinski definition) is 2. The van der Waals surface area contributed by atoms with E-state index >= 15 is 0 Å². The molecule has 2 amide bonds. The summed E-state index contributed by atoms with van der Waals surface area (Å²) in [6, 6.07) is 10.2. The number of thioether (sulfide) groups is 1. The van der Waals surface area contributed by atoms with Gasteiger partial charge >= 0.3 is 5.97 Å². The van der Waals surface area contributed by atoms with Gasteiger partial charge in [-0.1, -0.05) is 17.8 Å². The SMILES string of the molecule is CCOC(=O)c1ccc(NC(=O)C[C@@H]2S/C(=N\N=C(\C)c3cccs3)NC2=O)cc1. The molecule has 1 fully saturated rings. The van der Waals surface area contributed by atoms with E-state index in [1.54, 1.807) is 42.5 Å². The highest BCUT2D eigenvalue weighted by atomic mass is 32.2. The van der Waals surface area contributed by atoms with Gasteiger partial charge in [-0.25, -0.2) is 4.79 Å². The van der Waals surface area contributed by atoms with E-state index in [9.17, 15) is 14.4 Å². The van der Waals surface area contributed by atoms with Crippen LogP contribution >= 0.6 is 23.1 Å². The standard InChI is InChI=1S/C20H20N4O4S2/c1-3-28-19(27)13-6-8-14(9-7-13)21-17(25)11-16-18(26)22-20(30-16)24-23-12(2)15-5-4-10-29-15/h4-10,16H,3,11H2,1-2H3,(H,21,25)(H,22,24,26)/b23-12-/t16-/m0/s1. The lowest BCUT2D eigenvalue weighted by molar-refractivity contribution is -0.122. The normalized spacial score (nSPS) is 17.7. The predicted molar refractivity (Wildman–Crippen MR) is 119 cm³/mol. The van der Waals surface area contributed by atoms with E-state index in [2.05, 4.69) is 20.8 Å². The Bertz CT molecular complexity index is 985. The largest absolute Gasteiger partial charge is 0.462 e. The third-order valence-corrected chi connectivity index (χ3v) is 6.05. The molecule has 8 nitrogen and oxygen atoms in total. The molecule has 0 spiro atoms. The van der Waals surface area contributed by atoms with E-state index < -0.39 is 11.2 Å². The Labute approximate surface area is 181 Å². The average Bonchev–Trinajstić information content (AvgIpc) is 3.37. The van der Waals surface area contributed by atoms with Gasteiger partial charge in [0, 0.05) is 12.1 Å². The molecule has 0 aliphatic carbocycles. The van der Waals surface area contributed by atoms with Crippen LogP contribution in [0.4, 0.5) is 5.69 Å². The lowest BCUT2D eigenvalue weighted by atomic mass is 10.2. The second-order valence-corrected chi connectivity index (χ2v) is 8.35. The van der Waals surface area contributed by atoms with Crippen LogP contribution in [0.1, 0.15) is 35.5 Å². The lowest BCUT2D eigenvalue weighted by Crippen LogP contribution is -2.28. The summed E-state index contributed by atoms with van der Waals surface area (Å²) in [7, 11) is 0. The van der Waals surface area contributed by atoms with Crippen LogP contribution in [-0.2, 0) is 14.3 Å². The van der Waals surface area contributed by atoms with Crippen LogP contribution in [0.3, 0.4) is 0 Å². The first-order chi connectivity index (χ1) is 14.5. The first-order valence-corrected chi connectivity index (χ1v) is 10.9. The quantitative estimate of drug-likeness (QED) is 0.387. The van der Waals surface area contributed by atoms with Crippen molar-refractivity contribution in [2.24, 2.45) is 10.2 Å². The third-order valence-electron chi connectivity index (χ3n) is 4.00. The summed E-state index contributed by atoms with van der Waals surface area (Å²) in [6.45, 7) is 3.87. The maximum Gasteiger partial charge on any atom is 0.338 e. The van der Waals surface area contributed by atoms with Gasteiger partial charge in [-0.3, -0.25) is 9.59 Å². The number of carbonyl (C=O) groups excluding carboxylic acids is 3. The van der Waals surface area contributed by atoms with Gasteiger partial charge < -0.3 is 15.4 Å². The van der Waals surface area contributed by atoms with Gasteiger partial charge in [-0.15, -0.1) is 16.4 Å². The van der Waals surface area contributed by atoms with Crippen molar-refractivity contribution < 1.29 is 19.1 Å². The highest BCUT2D eigenvalue weighted by Gasteiger charge is 2.32. The number of amidine groups is 1. The maximum atomic E-state index is 12.3. The number of esters is 1. The monoisotopic (exact) mass is 444 g/mol. The van der Waals surface area contributed by atoms with E-state index in [1.165, 1.54) is 11.8 Å². The van der Waals surface area contributed by atoms with Crippen LogP contribution in [0.15, 0.2) is 52.0 Å². The van der Waals surface area contributed by atoms with Crippen LogP contribution in [0.5, 0.6) is 0 Å². The zero-order chi connectivity index (χ0) is 21.5. The summed E-state index contributed by atoms with van der Waals surface area (Å²) in [5, 5.41) is 15.3. The molecule has 1 saturated heterocycles. The summed E-state index contributed by atoms with van der Waals surface area (Å²) in [5.41, 5.74) is 1.68. The molecule has 1 aliphatic rings. The minimum Gasteiger partial charge on any atom is -0.462 e. The van der Waals surface area contributed by atoms with Crippen LogP contribution in [0.2, 0.25) is 0 Å². The molecule has 0 unspecified atom stereocenters. The number of thiophene rings is 1. The van der Waals surface area contributed by atoms with Gasteiger partial charge in [0.05, 0.1) is 22.8 Å². The second kappa shape index (κ2) is 10.2. The van der Waals surface area contributed by atoms with E-state index in [-0.39, 0.29) is 18.2 Å². The van der Waals surface area contributed by atoms with Crippen LogP contribution < -0.4 is 10.6 Å². The van der Waals surface area contributed by atoms with Crippen LogP contribution in [0.25, 0.3) is 0 Å².